The van der Waals surface area contributed by atoms with Gasteiger partial charge in [0, 0.05) is 61.0 Å². The van der Waals surface area contributed by atoms with Crippen LogP contribution in [0, 0.1) is 0 Å². The van der Waals surface area contributed by atoms with Crippen LogP contribution < -0.4 is 32.3 Å². The number of aryl methyl sites for hydroxylation is 1. The minimum absolute atomic E-state index is 0.0162. The molecule has 0 radical (unpaired) electrons. The molecule has 2 saturated carbocycles. The first-order valence-corrected chi connectivity index (χ1v) is 30.2. The molecule has 446 valence electrons. The Morgan fingerprint density at radius 3 is 1.54 bits per heavy atom. The summed E-state index contributed by atoms with van der Waals surface area (Å²) in [4.78, 5) is 36.1. The maximum absolute atomic E-state index is 12.5. The molecule has 7 N–H and O–H groups in total. The smallest absolute Gasteiger partial charge is 0.315 e. The molecule has 20 nitrogen and oxygen atoms in total. The number of carbonyl (C=O) groups is 3. The summed E-state index contributed by atoms with van der Waals surface area (Å²) in [5.41, 5.74) is 11.0. The van der Waals surface area contributed by atoms with E-state index in [1.54, 1.807) is 0 Å². The van der Waals surface area contributed by atoms with Gasteiger partial charge in [-0.05, 0) is 73.6 Å². The second-order valence-electron chi connectivity index (χ2n) is 20.4. The molecular formula is C58H94N6O14S. The van der Waals surface area contributed by atoms with Gasteiger partial charge < -0.3 is 84.4 Å². The van der Waals surface area contributed by atoms with Gasteiger partial charge in [0.15, 0.2) is 0 Å². The van der Waals surface area contributed by atoms with Gasteiger partial charge in [-0.25, -0.2) is 4.79 Å². The van der Waals surface area contributed by atoms with Crippen molar-refractivity contribution >= 4 is 29.6 Å². The van der Waals surface area contributed by atoms with Crippen molar-refractivity contribution in [3.63, 3.8) is 0 Å². The molecule has 2 aliphatic heterocycles. The number of fused-ring (bicyclic) bond motifs is 1. The summed E-state index contributed by atoms with van der Waals surface area (Å²) >= 11 is 1.90. The summed E-state index contributed by atoms with van der Waals surface area (Å²) < 4.78 is 61.0. The number of carbonyl (C=O) groups excluding carboxylic acids is 3. The molecule has 2 saturated heterocycles. The maximum atomic E-state index is 12.5. The summed E-state index contributed by atoms with van der Waals surface area (Å²) in [5, 5.41) is 16.1. The molecule has 2 aliphatic carbocycles. The van der Waals surface area contributed by atoms with Gasteiger partial charge in [0.05, 0.1) is 157 Å². The van der Waals surface area contributed by atoms with E-state index in [0.717, 1.165) is 43.4 Å². The monoisotopic (exact) mass is 1130 g/mol. The van der Waals surface area contributed by atoms with E-state index in [9.17, 15) is 14.4 Å². The molecule has 0 aromatic heterocycles. The highest BCUT2D eigenvalue weighted by Crippen LogP contribution is 2.42. The zero-order valence-electron chi connectivity index (χ0n) is 46.8. The third kappa shape index (κ3) is 28.3. The van der Waals surface area contributed by atoms with Gasteiger partial charge in [0.25, 0.3) is 0 Å². The fourth-order valence-electron chi connectivity index (χ4n) is 9.70. The minimum atomic E-state index is -0.0632. The number of urea groups is 1. The fraction of sp³-hybridized carbons (Fsp3) is 0.741. The third-order valence-corrected chi connectivity index (χ3v) is 15.7. The molecule has 2 aromatic carbocycles. The molecule has 2 aromatic rings. The largest absolute Gasteiger partial charge is 0.377 e. The lowest BCUT2D eigenvalue weighted by Gasteiger charge is -2.27. The zero-order chi connectivity index (χ0) is 55.2. The number of benzene rings is 2. The number of amides is 4. The SMILES string of the molecule is NC1CCC(NC2CC2c2ccc(-c3cccc(CCC(=O)NCCOCCOCCOCCOCCOCCOCCOCCOCCOCCOCCOCCNC(=O)CCCC[C@@H]4SC[C@@H]5NC(=O)N[C@@H]54)c3)cc2)CC1. The van der Waals surface area contributed by atoms with Crippen LogP contribution in [-0.4, -0.2) is 217 Å². The summed E-state index contributed by atoms with van der Waals surface area (Å²) in [6.45, 7) is 11.3. The van der Waals surface area contributed by atoms with Crippen molar-refractivity contribution in [1.29, 1.82) is 0 Å². The van der Waals surface area contributed by atoms with Crippen LogP contribution in [0.1, 0.15) is 81.3 Å². The lowest BCUT2D eigenvalue weighted by atomic mass is 9.91. The number of rotatable bonds is 48. The average Bonchev–Trinajstić information content (AvgIpc) is 4.15. The number of hydrogen-bond donors (Lipinski definition) is 6. The van der Waals surface area contributed by atoms with E-state index in [-0.39, 0.29) is 29.9 Å². The van der Waals surface area contributed by atoms with Crippen LogP contribution in [0.5, 0.6) is 0 Å². The summed E-state index contributed by atoms with van der Waals surface area (Å²) in [7, 11) is 0. The van der Waals surface area contributed by atoms with E-state index >= 15 is 0 Å². The Labute approximate surface area is 473 Å². The van der Waals surface area contributed by atoms with Crippen molar-refractivity contribution in [3.8, 4) is 11.1 Å². The number of ether oxygens (including phenoxy) is 11. The molecule has 0 bridgehead atoms. The van der Waals surface area contributed by atoms with Crippen LogP contribution in [0.4, 0.5) is 4.79 Å². The Kier molecular flexibility index (Phi) is 33.3. The number of unbranched alkanes of at least 4 members (excludes halogenated alkanes) is 1. The molecule has 4 amide bonds. The molecule has 79 heavy (non-hydrogen) atoms. The highest BCUT2D eigenvalue weighted by molar-refractivity contribution is 8.00. The highest BCUT2D eigenvalue weighted by Gasteiger charge is 2.42. The Morgan fingerprint density at radius 1 is 0.557 bits per heavy atom. The van der Waals surface area contributed by atoms with Crippen LogP contribution in [0.3, 0.4) is 0 Å². The van der Waals surface area contributed by atoms with Crippen molar-refractivity contribution < 1.29 is 66.5 Å². The zero-order valence-corrected chi connectivity index (χ0v) is 47.6. The Balaban J connectivity index is 0.581. The van der Waals surface area contributed by atoms with E-state index in [0.29, 0.717) is 207 Å². The first-order valence-electron chi connectivity index (χ1n) is 29.2. The van der Waals surface area contributed by atoms with Gasteiger partial charge in [-0.3, -0.25) is 9.59 Å². The summed E-state index contributed by atoms with van der Waals surface area (Å²) in [5.74, 6) is 1.62. The van der Waals surface area contributed by atoms with Crippen LogP contribution in [0.2, 0.25) is 0 Å². The first kappa shape index (κ1) is 64.6. The maximum Gasteiger partial charge on any atom is 0.315 e. The van der Waals surface area contributed by atoms with Crippen molar-refractivity contribution in [3.05, 3.63) is 59.7 Å². The van der Waals surface area contributed by atoms with Gasteiger partial charge in [-0.15, -0.1) is 0 Å². The molecule has 6 rings (SSSR count). The minimum Gasteiger partial charge on any atom is -0.377 e. The van der Waals surface area contributed by atoms with Gasteiger partial charge in [0.1, 0.15) is 0 Å². The van der Waals surface area contributed by atoms with Gasteiger partial charge in [-0.2, -0.15) is 11.8 Å². The predicted octanol–water partition coefficient (Wildman–Crippen LogP) is 4.14. The second kappa shape index (κ2) is 40.6. The molecule has 2 heterocycles. The number of nitrogens with one attached hydrogen (secondary N) is 5. The number of nitrogens with two attached hydrogens (primary N) is 1. The molecule has 2 unspecified atom stereocenters. The molecular weight excluding hydrogens is 1040 g/mol. The predicted molar refractivity (Wildman–Crippen MR) is 304 cm³/mol. The van der Waals surface area contributed by atoms with Crippen LogP contribution in [0.15, 0.2) is 48.5 Å². The van der Waals surface area contributed by atoms with E-state index < -0.39 is 0 Å². The van der Waals surface area contributed by atoms with Crippen LogP contribution >= 0.6 is 11.8 Å². The van der Waals surface area contributed by atoms with E-state index in [4.69, 9.17) is 57.8 Å². The lowest BCUT2D eigenvalue weighted by molar-refractivity contribution is -0.122. The second-order valence-corrected chi connectivity index (χ2v) is 21.6. The van der Waals surface area contributed by atoms with E-state index in [2.05, 4.69) is 75.1 Å². The Bertz CT molecular complexity index is 1940. The van der Waals surface area contributed by atoms with Crippen molar-refractivity contribution in [2.75, 3.05) is 164 Å². The molecule has 21 heteroatoms. The van der Waals surface area contributed by atoms with Crippen LogP contribution in [0.25, 0.3) is 11.1 Å². The van der Waals surface area contributed by atoms with Gasteiger partial charge in [0.2, 0.25) is 11.8 Å². The van der Waals surface area contributed by atoms with Gasteiger partial charge >= 0.3 is 6.03 Å². The number of hydrogen-bond acceptors (Lipinski definition) is 17. The third-order valence-electron chi connectivity index (χ3n) is 14.2. The van der Waals surface area contributed by atoms with E-state index in [1.165, 1.54) is 36.0 Å². The lowest BCUT2D eigenvalue weighted by Crippen LogP contribution is -2.38. The molecule has 5 atom stereocenters. The average molecular weight is 1130 g/mol. The Hall–Kier alpha value is -3.52. The fourth-order valence-corrected chi connectivity index (χ4v) is 11.2. The van der Waals surface area contributed by atoms with Crippen molar-refractivity contribution in [1.82, 2.24) is 26.6 Å². The van der Waals surface area contributed by atoms with Crippen molar-refractivity contribution in [2.24, 2.45) is 5.73 Å². The highest BCUT2D eigenvalue weighted by atomic mass is 32.2. The molecule has 4 aliphatic rings. The van der Waals surface area contributed by atoms with Gasteiger partial charge in [-0.1, -0.05) is 55.0 Å². The quantitative estimate of drug-likeness (QED) is 0.0403. The van der Waals surface area contributed by atoms with Crippen molar-refractivity contribution in [2.45, 2.75) is 112 Å². The van der Waals surface area contributed by atoms with E-state index in [1.807, 2.05) is 11.8 Å². The summed E-state index contributed by atoms with van der Waals surface area (Å²) in [6.07, 6.45) is 10.3. The standard InChI is InChI=1S/C58H94N6O14S/c59-49-13-15-50(16-14-49)62-52-43-51(52)47-11-9-46(10-12-47)48-5-3-4-45(42-48)8-17-56(66)61-19-21-69-23-25-71-27-29-73-31-33-75-35-37-77-39-41-78-40-38-76-36-34-74-32-30-72-28-26-70-24-22-68-20-18-60-55(65)7-2-1-6-54-57-53(44-79-54)63-58(67)64-57/h3-5,9-12,42,49-54,57,62H,1-2,6-8,13-41,43-44,59H2,(H,60,65)(H,61,66)(H2,63,64,67)/t49?,50?,51?,52?,53-,54-,57-/m0/s1. The topological polar surface area (TPSA) is 239 Å². The Morgan fingerprint density at radius 2 is 1.04 bits per heavy atom. The summed E-state index contributed by atoms with van der Waals surface area (Å²) in [6, 6.07) is 19.5. The first-order chi connectivity index (χ1) is 38.9. The number of thioether (sulfide) groups is 1. The van der Waals surface area contributed by atoms with Crippen LogP contribution in [-0.2, 0) is 68.1 Å². The molecule has 0 spiro atoms. The molecule has 4 fully saturated rings. The normalized spacial score (nSPS) is 21.4.